The molecule has 0 aromatic rings. The molecule has 0 aromatic heterocycles. The van der Waals surface area contributed by atoms with Crippen molar-refractivity contribution in [3.8, 4) is 0 Å². The van der Waals surface area contributed by atoms with Crippen LogP contribution in [0.15, 0.2) is 0 Å². The summed E-state index contributed by atoms with van der Waals surface area (Å²) in [6, 6.07) is 0. The van der Waals surface area contributed by atoms with Gasteiger partial charge in [-0.1, -0.05) is 0 Å². The van der Waals surface area contributed by atoms with Crippen LogP contribution in [0, 0.1) is 0 Å². The van der Waals surface area contributed by atoms with E-state index < -0.39 is 0 Å². The fourth-order valence-electron chi connectivity index (χ4n) is 1.28. The van der Waals surface area contributed by atoms with Crippen LogP contribution in [-0.2, 0) is 9.47 Å². The van der Waals surface area contributed by atoms with Gasteiger partial charge in [0.15, 0.2) is 0 Å². The Morgan fingerprint density at radius 2 is 2.50 bits per heavy atom. The van der Waals surface area contributed by atoms with Crippen LogP contribution in [0.2, 0.25) is 0 Å². The van der Waals surface area contributed by atoms with Gasteiger partial charge in [0.25, 0.3) is 0 Å². The van der Waals surface area contributed by atoms with E-state index >= 15 is 0 Å². The Balaban J connectivity index is 2.41. The molecule has 1 aliphatic rings. The molecule has 60 valence electrons. The Hall–Kier alpha value is 0.210. The Labute approximate surface area is 66.5 Å². The summed E-state index contributed by atoms with van der Waals surface area (Å²) in [5.74, 6) is 0.543. The van der Waals surface area contributed by atoms with Crippen molar-refractivity contribution >= 4 is 11.6 Å². The van der Waals surface area contributed by atoms with Crippen molar-refractivity contribution in [1.82, 2.24) is 0 Å². The molecule has 0 spiro atoms. The van der Waals surface area contributed by atoms with Crippen LogP contribution in [0.1, 0.15) is 12.8 Å². The second-order valence-corrected chi connectivity index (χ2v) is 2.97. The largest absolute Gasteiger partial charge is 0.382 e. The minimum absolute atomic E-state index is 0.170. The molecule has 1 atom stereocenters. The highest BCUT2D eigenvalue weighted by atomic mass is 35.5. The van der Waals surface area contributed by atoms with Gasteiger partial charge in [0.1, 0.15) is 5.60 Å². The molecule has 3 heteroatoms. The summed E-state index contributed by atoms with van der Waals surface area (Å²) in [5.41, 5.74) is -0.170. The van der Waals surface area contributed by atoms with E-state index in [0.29, 0.717) is 12.5 Å². The third-order valence-electron chi connectivity index (χ3n) is 1.84. The predicted octanol–water partition coefficient (Wildman–Crippen LogP) is 1.42. The minimum Gasteiger partial charge on any atom is -0.382 e. The lowest BCUT2D eigenvalue weighted by Crippen LogP contribution is -2.35. The third kappa shape index (κ3) is 1.62. The molecule has 0 bridgehead atoms. The van der Waals surface area contributed by atoms with Gasteiger partial charge in [0, 0.05) is 13.7 Å². The van der Waals surface area contributed by atoms with Crippen molar-refractivity contribution in [3.63, 3.8) is 0 Å². The highest BCUT2D eigenvalue weighted by molar-refractivity contribution is 6.18. The maximum atomic E-state index is 5.74. The molecular weight excluding hydrogens is 152 g/mol. The summed E-state index contributed by atoms with van der Waals surface area (Å²) in [6.45, 7) is 1.45. The van der Waals surface area contributed by atoms with Crippen LogP contribution in [0.25, 0.3) is 0 Å². The van der Waals surface area contributed by atoms with Crippen LogP contribution >= 0.6 is 11.6 Å². The normalized spacial score (nSPS) is 33.0. The van der Waals surface area contributed by atoms with E-state index in [0.717, 1.165) is 19.4 Å². The van der Waals surface area contributed by atoms with Crippen molar-refractivity contribution in [2.24, 2.45) is 0 Å². The Morgan fingerprint density at radius 3 is 2.90 bits per heavy atom. The maximum absolute atomic E-state index is 5.74. The zero-order valence-electron chi connectivity index (χ0n) is 6.23. The van der Waals surface area contributed by atoms with E-state index in [-0.39, 0.29) is 5.60 Å². The first-order valence-corrected chi connectivity index (χ1v) is 4.05. The van der Waals surface area contributed by atoms with Gasteiger partial charge in [-0.05, 0) is 12.8 Å². The van der Waals surface area contributed by atoms with E-state index in [9.17, 15) is 0 Å². The van der Waals surface area contributed by atoms with Crippen molar-refractivity contribution in [3.05, 3.63) is 0 Å². The molecule has 0 amide bonds. The van der Waals surface area contributed by atoms with Crippen LogP contribution in [0.3, 0.4) is 0 Å². The number of alkyl halides is 1. The molecule has 1 aliphatic heterocycles. The predicted molar refractivity (Wildman–Crippen MR) is 40.5 cm³/mol. The topological polar surface area (TPSA) is 18.5 Å². The van der Waals surface area contributed by atoms with Crippen LogP contribution in [-0.4, -0.2) is 31.8 Å². The first kappa shape index (κ1) is 8.31. The van der Waals surface area contributed by atoms with E-state index in [1.165, 1.54) is 0 Å². The van der Waals surface area contributed by atoms with Crippen LogP contribution in [0.5, 0.6) is 0 Å². The van der Waals surface area contributed by atoms with E-state index in [1.54, 1.807) is 7.11 Å². The number of halogens is 1. The van der Waals surface area contributed by atoms with Gasteiger partial charge >= 0.3 is 0 Å². The first-order chi connectivity index (χ1) is 4.83. The fourth-order valence-corrected chi connectivity index (χ4v) is 1.56. The zero-order chi connectivity index (χ0) is 7.45. The minimum atomic E-state index is -0.170. The summed E-state index contributed by atoms with van der Waals surface area (Å²) < 4.78 is 10.5. The number of rotatable bonds is 3. The number of hydrogen-bond acceptors (Lipinski definition) is 2. The van der Waals surface area contributed by atoms with Crippen molar-refractivity contribution in [1.29, 1.82) is 0 Å². The highest BCUT2D eigenvalue weighted by Crippen LogP contribution is 2.26. The summed E-state index contributed by atoms with van der Waals surface area (Å²) in [7, 11) is 1.68. The lowest BCUT2D eigenvalue weighted by Gasteiger charge is -2.24. The zero-order valence-corrected chi connectivity index (χ0v) is 6.99. The molecule has 0 radical (unpaired) electrons. The fraction of sp³-hybridized carbons (Fsp3) is 1.00. The van der Waals surface area contributed by atoms with Gasteiger partial charge in [-0.3, -0.25) is 0 Å². The van der Waals surface area contributed by atoms with Gasteiger partial charge in [0.05, 0.1) is 12.5 Å². The molecule has 2 nitrogen and oxygen atoms in total. The first-order valence-electron chi connectivity index (χ1n) is 3.52. The second kappa shape index (κ2) is 3.56. The standard InChI is InChI=1S/C7H13ClO2/c1-9-6-7(5-8)3-2-4-10-7/h2-6H2,1H3. The molecule has 1 unspecified atom stereocenters. The number of ether oxygens (including phenoxy) is 2. The number of methoxy groups -OCH3 is 1. The summed E-state index contributed by atoms with van der Waals surface area (Å²) in [6.07, 6.45) is 2.14. The molecule has 10 heavy (non-hydrogen) atoms. The quantitative estimate of drug-likeness (QED) is 0.588. The average molecular weight is 165 g/mol. The van der Waals surface area contributed by atoms with Crippen molar-refractivity contribution < 1.29 is 9.47 Å². The third-order valence-corrected chi connectivity index (χ3v) is 2.32. The maximum Gasteiger partial charge on any atom is 0.105 e. The summed E-state index contributed by atoms with van der Waals surface area (Å²) in [4.78, 5) is 0. The lowest BCUT2D eigenvalue weighted by molar-refractivity contribution is -0.0352. The molecule has 0 aliphatic carbocycles. The van der Waals surface area contributed by atoms with Gasteiger partial charge in [-0.2, -0.15) is 0 Å². The molecule has 1 rings (SSSR count). The van der Waals surface area contributed by atoms with E-state index in [1.807, 2.05) is 0 Å². The van der Waals surface area contributed by atoms with Crippen LogP contribution in [0.4, 0.5) is 0 Å². The molecule has 0 N–H and O–H groups in total. The molecule has 1 fully saturated rings. The Bertz CT molecular complexity index is 99.8. The number of hydrogen-bond donors (Lipinski definition) is 0. The van der Waals surface area contributed by atoms with Gasteiger partial charge in [0.2, 0.25) is 0 Å². The molecule has 1 heterocycles. The van der Waals surface area contributed by atoms with Gasteiger partial charge in [-0.25, -0.2) is 0 Å². The van der Waals surface area contributed by atoms with Crippen LogP contribution < -0.4 is 0 Å². The van der Waals surface area contributed by atoms with Gasteiger partial charge < -0.3 is 9.47 Å². The van der Waals surface area contributed by atoms with E-state index in [4.69, 9.17) is 21.1 Å². The second-order valence-electron chi connectivity index (χ2n) is 2.70. The smallest absolute Gasteiger partial charge is 0.105 e. The SMILES string of the molecule is COCC1(CCl)CCCO1. The molecule has 0 saturated carbocycles. The summed E-state index contributed by atoms with van der Waals surface area (Å²) in [5, 5.41) is 0. The Kier molecular flexibility index (Phi) is 2.96. The lowest BCUT2D eigenvalue weighted by atomic mass is 10.0. The monoisotopic (exact) mass is 164 g/mol. The van der Waals surface area contributed by atoms with Crippen molar-refractivity contribution in [2.75, 3.05) is 26.2 Å². The van der Waals surface area contributed by atoms with Crippen molar-refractivity contribution in [2.45, 2.75) is 18.4 Å². The Morgan fingerprint density at radius 1 is 1.70 bits per heavy atom. The van der Waals surface area contributed by atoms with Gasteiger partial charge in [-0.15, -0.1) is 11.6 Å². The molecule has 0 aromatic carbocycles. The molecule has 1 saturated heterocycles. The molecular formula is C7H13ClO2. The van der Waals surface area contributed by atoms with E-state index in [2.05, 4.69) is 0 Å². The highest BCUT2D eigenvalue weighted by Gasteiger charge is 2.34. The average Bonchev–Trinajstić information content (AvgIpc) is 2.39. The summed E-state index contributed by atoms with van der Waals surface area (Å²) >= 11 is 5.74.